The van der Waals surface area contributed by atoms with Gasteiger partial charge in [-0.05, 0) is 38.1 Å². The maximum Gasteiger partial charge on any atom is 0.246 e. The summed E-state index contributed by atoms with van der Waals surface area (Å²) >= 11 is 0. The molecule has 6 nitrogen and oxygen atoms in total. The van der Waals surface area contributed by atoms with Gasteiger partial charge in [0.1, 0.15) is 6.04 Å². The number of benzene rings is 1. The summed E-state index contributed by atoms with van der Waals surface area (Å²) in [5.74, 6) is 0.0610. The molecule has 0 saturated heterocycles. The van der Waals surface area contributed by atoms with Crippen LogP contribution in [-0.2, 0) is 9.59 Å². The smallest absolute Gasteiger partial charge is 0.246 e. The van der Waals surface area contributed by atoms with Crippen LogP contribution in [0.4, 0.5) is 0 Å². The highest BCUT2D eigenvalue weighted by Crippen LogP contribution is 2.21. The molecule has 0 radical (unpaired) electrons. The Kier molecular flexibility index (Phi) is 8.87. The summed E-state index contributed by atoms with van der Waals surface area (Å²) in [4.78, 5) is 33.3. The third kappa shape index (κ3) is 5.76. The topological polar surface area (TPSA) is 68.4 Å². The minimum absolute atomic E-state index is 0.0135. The number of rotatable bonds is 10. The number of carbonyl (C=O) groups excluding carboxylic acids is 2. The van der Waals surface area contributed by atoms with Gasteiger partial charge in [0.05, 0.1) is 6.04 Å². The highest BCUT2D eigenvalue weighted by molar-refractivity contribution is 5.92. The van der Waals surface area contributed by atoms with E-state index in [1.165, 1.54) is 0 Å². The standard InChI is InChI=1S/C25H38N4O2/c1-8-17(3)22(29(7)25(31)23(28(5)6)18(4)9-2)24(30)26-15-14-19-16-27-21-13-11-10-12-20(19)21/h10-18,22-23,27H,8-9H2,1-7H3,(H,26,30)/b15-14-/t17-,18-,22?,23-/m0/s1. The first-order valence-electron chi connectivity index (χ1n) is 11.2. The van der Waals surface area contributed by atoms with E-state index < -0.39 is 6.04 Å². The molecular weight excluding hydrogens is 388 g/mol. The molecule has 2 rings (SSSR count). The van der Waals surface area contributed by atoms with Crippen molar-refractivity contribution in [2.75, 3.05) is 21.1 Å². The second-order valence-corrected chi connectivity index (χ2v) is 8.71. The van der Waals surface area contributed by atoms with Crippen molar-refractivity contribution in [3.8, 4) is 0 Å². The average Bonchev–Trinajstić information content (AvgIpc) is 3.16. The molecule has 0 saturated carbocycles. The van der Waals surface area contributed by atoms with E-state index in [-0.39, 0.29) is 29.7 Å². The molecule has 4 atom stereocenters. The lowest BCUT2D eigenvalue weighted by atomic mass is 9.93. The average molecular weight is 427 g/mol. The molecule has 0 spiro atoms. The van der Waals surface area contributed by atoms with Gasteiger partial charge < -0.3 is 15.2 Å². The molecule has 1 aromatic heterocycles. The molecule has 31 heavy (non-hydrogen) atoms. The molecule has 2 amide bonds. The van der Waals surface area contributed by atoms with Crippen LogP contribution in [0.3, 0.4) is 0 Å². The number of likely N-dealkylation sites (N-methyl/N-ethyl adjacent to an activating group) is 2. The molecular formula is C25H38N4O2. The van der Waals surface area contributed by atoms with E-state index in [9.17, 15) is 9.59 Å². The Morgan fingerprint density at radius 3 is 2.26 bits per heavy atom. The van der Waals surface area contributed by atoms with E-state index in [2.05, 4.69) is 24.1 Å². The summed E-state index contributed by atoms with van der Waals surface area (Å²) in [5, 5.41) is 4.01. The lowest BCUT2D eigenvalue weighted by Gasteiger charge is -2.37. The summed E-state index contributed by atoms with van der Waals surface area (Å²) in [6, 6.07) is 7.25. The zero-order valence-corrected chi connectivity index (χ0v) is 20.0. The van der Waals surface area contributed by atoms with Crippen molar-refractivity contribution in [3.05, 3.63) is 42.2 Å². The van der Waals surface area contributed by atoms with Crippen LogP contribution in [0, 0.1) is 11.8 Å². The molecule has 0 aliphatic rings. The highest BCUT2D eigenvalue weighted by atomic mass is 16.2. The third-order valence-electron chi connectivity index (χ3n) is 6.32. The number of H-pyrrole nitrogens is 1. The molecule has 170 valence electrons. The van der Waals surface area contributed by atoms with Crippen molar-refractivity contribution < 1.29 is 9.59 Å². The lowest BCUT2D eigenvalue weighted by molar-refractivity contribution is -0.145. The van der Waals surface area contributed by atoms with Gasteiger partial charge in [0.15, 0.2) is 0 Å². The predicted molar refractivity (Wildman–Crippen MR) is 128 cm³/mol. The Balaban J connectivity index is 2.18. The molecule has 2 N–H and O–H groups in total. The molecule has 0 fully saturated rings. The zero-order chi connectivity index (χ0) is 23.1. The van der Waals surface area contributed by atoms with Crippen LogP contribution in [0.15, 0.2) is 36.7 Å². The maximum atomic E-state index is 13.3. The fourth-order valence-electron chi connectivity index (χ4n) is 4.11. The summed E-state index contributed by atoms with van der Waals surface area (Å²) in [5.41, 5.74) is 2.06. The lowest BCUT2D eigenvalue weighted by Crippen LogP contribution is -2.56. The first kappa shape index (κ1) is 24.7. The fourth-order valence-corrected chi connectivity index (χ4v) is 4.11. The second kappa shape index (κ2) is 11.1. The number of carbonyl (C=O) groups is 2. The van der Waals surface area contributed by atoms with E-state index in [0.29, 0.717) is 0 Å². The fraction of sp³-hybridized carbons (Fsp3) is 0.520. The van der Waals surface area contributed by atoms with E-state index in [0.717, 1.165) is 29.3 Å². The van der Waals surface area contributed by atoms with Crippen LogP contribution in [0.1, 0.15) is 46.1 Å². The minimum Gasteiger partial charge on any atom is -0.361 e. The van der Waals surface area contributed by atoms with Crippen molar-refractivity contribution in [1.29, 1.82) is 0 Å². The molecule has 1 aromatic carbocycles. The molecule has 6 heteroatoms. The quantitative estimate of drug-likeness (QED) is 0.601. The van der Waals surface area contributed by atoms with Gasteiger partial charge >= 0.3 is 0 Å². The molecule has 0 aliphatic carbocycles. The summed E-state index contributed by atoms with van der Waals surface area (Å²) in [6.07, 6.45) is 7.18. The number of nitrogens with zero attached hydrogens (tertiary/aromatic N) is 2. The van der Waals surface area contributed by atoms with E-state index >= 15 is 0 Å². The zero-order valence-electron chi connectivity index (χ0n) is 20.0. The van der Waals surface area contributed by atoms with E-state index in [4.69, 9.17) is 0 Å². The van der Waals surface area contributed by atoms with E-state index in [1.54, 1.807) is 18.1 Å². The number of fused-ring (bicyclic) bond motifs is 1. The summed E-state index contributed by atoms with van der Waals surface area (Å²) in [7, 11) is 5.59. The third-order valence-corrected chi connectivity index (χ3v) is 6.32. The Morgan fingerprint density at radius 2 is 1.65 bits per heavy atom. The Hall–Kier alpha value is -2.60. The van der Waals surface area contributed by atoms with Gasteiger partial charge in [0.25, 0.3) is 0 Å². The van der Waals surface area contributed by atoms with Gasteiger partial charge in [0, 0.05) is 35.9 Å². The van der Waals surface area contributed by atoms with Gasteiger partial charge in [0.2, 0.25) is 11.8 Å². The number of hydrogen-bond donors (Lipinski definition) is 2. The molecule has 0 bridgehead atoms. The number of para-hydroxylation sites is 1. The number of hydrogen-bond acceptors (Lipinski definition) is 3. The van der Waals surface area contributed by atoms with E-state index in [1.807, 2.05) is 69.4 Å². The highest BCUT2D eigenvalue weighted by Gasteiger charge is 2.36. The van der Waals surface area contributed by atoms with Crippen LogP contribution in [0.25, 0.3) is 17.0 Å². The van der Waals surface area contributed by atoms with Gasteiger partial charge in [-0.1, -0.05) is 58.7 Å². The normalized spacial score (nSPS) is 15.7. The van der Waals surface area contributed by atoms with Gasteiger partial charge in [-0.15, -0.1) is 0 Å². The van der Waals surface area contributed by atoms with Crippen molar-refractivity contribution >= 4 is 28.8 Å². The summed E-state index contributed by atoms with van der Waals surface area (Å²) < 4.78 is 0. The SMILES string of the molecule is CC[C@H](C)C(C(=O)N/C=C\c1c[nH]c2ccccc12)N(C)C(=O)[C@H]([C@@H](C)CC)N(C)C. The van der Waals surface area contributed by atoms with Crippen molar-refractivity contribution in [2.24, 2.45) is 11.8 Å². The molecule has 0 aliphatic heterocycles. The van der Waals surface area contributed by atoms with Crippen LogP contribution in [0.5, 0.6) is 0 Å². The Morgan fingerprint density at radius 1 is 1.03 bits per heavy atom. The molecule has 1 unspecified atom stereocenters. The van der Waals surface area contributed by atoms with Crippen molar-refractivity contribution in [3.63, 3.8) is 0 Å². The van der Waals surface area contributed by atoms with Crippen LogP contribution < -0.4 is 5.32 Å². The van der Waals surface area contributed by atoms with Gasteiger partial charge in [-0.3, -0.25) is 14.5 Å². The van der Waals surface area contributed by atoms with Crippen LogP contribution in [-0.4, -0.2) is 59.8 Å². The largest absolute Gasteiger partial charge is 0.361 e. The number of aromatic nitrogens is 1. The van der Waals surface area contributed by atoms with Gasteiger partial charge in [-0.25, -0.2) is 0 Å². The first-order chi connectivity index (χ1) is 14.7. The molecule has 2 aromatic rings. The minimum atomic E-state index is -0.531. The van der Waals surface area contributed by atoms with Gasteiger partial charge in [-0.2, -0.15) is 0 Å². The second-order valence-electron chi connectivity index (χ2n) is 8.71. The number of aromatic amines is 1. The monoisotopic (exact) mass is 426 g/mol. The molecule has 1 heterocycles. The summed E-state index contributed by atoms with van der Waals surface area (Å²) in [6.45, 7) is 8.23. The van der Waals surface area contributed by atoms with Crippen LogP contribution in [0.2, 0.25) is 0 Å². The maximum absolute atomic E-state index is 13.3. The first-order valence-corrected chi connectivity index (χ1v) is 11.2. The number of nitrogens with one attached hydrogen (secondary N) is 2. The van der Waals surface area contributed by atoms with Crippen LogP contribution >= 0.6 is 0 Å². The van der Waals surface area contributed by atoms with Crippen molar-refractivity contribution in [2.45, 2.75) is 52.6 Å². The Bertz CT molecular complexity index is 902. The number of amides is 2. The Labute approximate surface area is 186 Å². The predicted octanol–water partition coefficient (Wildman–Crippen LogP) is 4.10. The van der Waals surface area contributed by atoms with Crippen molar-refractivity contribution in [1.82, 2.24) is 20.1 Å².